The molecule has 1 aliphatic heterocycles. The highest BCUT2D eigenvalue weighted by Crippen LogP contribution is 2.36. The van der Waals surface area contributed by atoms with Gasteiger partial charge in [-0.15, -0.1) is 0 Å². The fourth-order valence-corrected chi connectivity index (χ4v) is 6.97. The number of ether oxygens (including phenoxy) is 6. The molecule has 63 heavy (non-hydrogen) atoms. The normalized spacial score (nSPS) is 14.1. The summed E-state index contributed by atoms with van der Waals surface area (Å²) >= 11 is 0. The van der Waals surface area contributed by atoms with E-state index < -0.39 is 11.1 Å². The van der Waals surface area contributed by atoms with Gasteiger partial charge in [0.1, 0.15) is 16.9 Å². The van der Waals surface area contributed by atoms with Crippen molar-refractivity contribution in [2.24, 2.45) is 0 Å². The van der Waals surface area contributed by atoms with Gasteiger partial charge in [0.25, 0.3) is 5.91 Å². The van der Waals surface area contributed by atoms with Gasteiger partial charge in [-0.1, -0.05) is 24.6 Å². The number of piperidine rings is 1. The van der Waals surface area contributed by atoms with Gasteiger partial charge in [-0.2, -0.15) is 5.10 Å². The molecule has 0 spiro atoms. The molecule has 0 saturated carbocycles. The summed E-state index contributed by atoms with van der Waals surface area (Å²) in [5.41, 5.74) is 1.73. The van der Waals surface area contributed by atoms with Gasteiger partial charge in [0, 0.05) is 61.9 Å². The molecule has 0 bridgehead atoms. The summed E-state index contributed by atoms with van der Waals surface area (Å²) in [6.07, 6.45) is 9.14. The van der Waals surface area contributed by atoms with Crippen LogP contribution >= 0.6 is 0 Å². The largest absolute Gasteiger partial charge is 0.494 e. The average molecular weight is 872 g/mol. The first-order valence-corrected chi connectivity index (χ1v) is 22.0. The minimum atomic E-state index is -0.706. The minimum Gasteiger partial charge on any atom is -0.494 e. The predicted molar refractivity (Wildman–Crippen MR) is 238 cm³/mol. The van der Waals surface area contributed by atoms with Gasteiger partial charge in [-0.25, -0.2) is 9.78 Å². The van der Waals surface area contributed by atoms with Crippen LogP contribution in [0.25, 0.3) is 11.4 Å². The third kappa shape index (κ3) is 16.2. The Kier molecular flexibility index (Phi) is 19.2. The Morgan fingerprint density at radius 1 is 0.825 bits per heavy atom. The van der Waals surface area contributed by atoms with E-state index in [1.54, 1.807) is 23.4 Å². The van der Waals surface area contributed by atoms with Crippen molar-refractivity contribution in [3.63, 3.8) is 0 Å². The van der Waals surface area contributed by atoms with Crippen LogP contribution in [0.2, 0.25) is 0 Å². The van der Waals surface area contributed by atoms with Gasteiger partial charge in [0.2, 0.25) is 0 Å². The van der Waals surface area contributed by atoms with Crippen molar-refractivity contribution in [1.82, 2.24) is 30.4 Å². The maximum absolute atomic E-state index is 13.6. The van der Waals surface area contributed by atoms with Crippen LogP contribution in [0.4, 0.5) is 10.5 Å². The minimum absolute atomic E-state index is 0.203. The molecule has 0 aliphatic carbocycles. The van der Waals surface area contributed by atoms with Crippen LogP contribution in [0.15, 0.2) is 73.1 Å². The van der Waals surface area contributed by atoms with Crippen LogP contribution in [0.3, 0.4) is 0 Å². The molecule has 1 fully saturated rings. The highest BCUT2D eigenvalue weighted by molar-refractivity contribution is 5.95. The number of hydrogen-bond acceptors (Lipinski definition) is 13. The Labute approximate surface area is 371 Å². The number of carbonyl (C=O) groups excluding carboxylic acids is 3. The van der Waals surface area contributed by atoms with E-state index in [-0.39, 0.29) is 24.0 Å². The number of hydrogen-bond donors (Lipinski definition) is 3. The van der Waals surface area contributed by atoms with Crippen molar-refractivity contribution in [2.75, 3.05) is 71.8 Å². The van der Waals surface area contributed by atoms with Crippen molar-refractivity contribution in [1.29, 1.82) is 0 Å². The SMILES string of the molecule is COC(=O)CCCOCCOCCOCCCCCCOc1ccc([C@@H](C)NC(=O)c2cccc(NC3(c4nc(-c5ccncc5)n[nH]4)CCN(C(=O)OC(C)(C)C)CC3)c2)cc1. The summed E-state index contributed by atoms with van der Waals surface area (Å²) in [5, 5.41) is 14.5. The number of amides is 2. The number of nitrogens with one attached hydrogen (secondary N) is 3. The number of carbonyl (C=O) groups is 3. The number of pyridine rings is 1. The number of anilines is 1. The second-order valence-electron chi connectivity index (χ2n) is 16.5. The van der Waals surface area contributed by atoms with Crippen LogP contribution in [0.5, 0.6) is 5.75 Å². The van der Waals surface area contributed by atoms with Gasteiger partial charge in [-0.3, -0.25) is 19.7 Å². The van der Waals surface area contributed by atoms with Crippen molar-refractivity contribution in [3.8, 4) is 17.1 Å². The topological polar surface area (TPSA) is 188 Å². The molecule has 16 nitrogen and oxygen atoms in total. The highest BCUT2D eigenvalue weighted by atomic mass is 16.6. The number of H-pyrrole nitrogens is 1. The first-order valence-electron chi connectivity index (χ1n) is 22.0. The van der Waals surface area contributed by atoms with E-state index in [2.05, 4.69) is 30.6 Å². The van der Waals surface area contributed by atoms with Crippen LogP contribution in [0, 0.1) is 0 Å². The van der Waals surface area contributed by atoms with E-state index in [0.29, 0.717) is 102 Å². The molecule has 0 radical (unpaired) electrons. The van der Waals surface area contributed by atoms with E-state index in [1.807, 2.05) is 82.3 Å². The number of rotatable bonds is 25. The van der Waals surface area contributed by atoms with E-state index in [0.717, 1.165) is 48.2 Å². The lowest BCUT2D eigenvalue weighted by Gasteiger charge is -2.41. The van der Waals surface area contributed by atoms with E-state index in [1.165, 1.54) is 7.11 Å². The molecule has 2 amide bonds. The molecule has 2 aromatic carbocycles. The number of aromatic amines is 1. The zero-order chi connectivity index (χ0) is 44.9. The summed E-state index contributed by atoms with van der Waals surface area (Å²) in [6.45, 7) is 12.3. The van der Waals surface area contributed by atoms with Crippen LogP contribution in [-0.2, 0) is 34.0 Å². The van der Waals surface area contributed by atoms with Gasteiger partial charge in [-0.05, 0) is 114 Å². The molecular weight excluding hydrogens is 807 g/mol. The Bertz CT molecular complexity index is 1980. The van der Waals surface area contributed by atoms with Gasteiger partial charge in [0.05, 0.1) is 46.2 Å². The second kappa shape index (κ2) is 24.9. The average Bonchev–Trinajstić information content (AvgIpc) is 3.79. The molecule has 0 unspecified atom stereocenters. The van der Waals surface area contributed by atoms with Crippen molar-refractivity contribution >= 4 is 23.7 Å². The molecule has 1 atom stereocenters. The summed E-state index contributed by atoms with van der Waals surface area (Å²) in [6, 6.07) is 18.7. The first-order chi connectivity index (χ1) is 30.4. The standard InChI is InChI=1S/C47H65N7O9/c1-35(36-15-17-40(18-16-36)62-29-9-7-6-8-27-59-30-32-61-33-31-60-28-11-14-41(55)58-5)49-43(56)38-12-10-13-39(34-38)51-47(21-25-54(26-22-47)45(57)63-46(2,3)4)44-50-42(52-53-44)37-19-23-48-24-20-37/h10,12-13,15-20,23-24,34-35,51H,6-9,11,14,21-22,25-33H2,1-5H3,(H,49,56)(H,50,52,53)/t35-/m1/s1. The van der Waals surface area contributed by atoms with Crippen molar-refractivity contribution < 1.29 is 42.8 Å². The molecule has 4 aromatic rings. The third-order valence-electron chi connectivity index (χ3n) is 10.5. The highest BCUT2D eigenvalue weighted by Gasteiger charge is 2.41. The third-order valence-corrected chi connectivity index (χ3v) is 10.5. The Balaban J connectivity index is 1.03. The fraction of sp³-hybridized carbons (Fsp3) is 0.532. The quantitative estimate of drug-likeness (QED) is 0.0436. The van der Waals surface area contributed by atoms with Gasteiger partial charge >= 0.3 is 12.1 Å². The Morgan fingerprint density at radius 3 is 2.14 bits per heavy atom. The molecule has 16 heteroatoms. The summed E-state index contributed by atoms with van der Waals surface area (Å²) in [7, 11) is 1.38. The van der Waals surface area contributed by atoms with Crippen LogP contribution < -0.4 is 15.4 Å². The molecule has 1 saturated heterocycles. The Hall–Kier alpha value is -5.58. The molecule has 2 aromatic heterocycles. The number of methoxy groups -OCH3 is 1. The van der Waals surface area contributed by atoms with E-state index >= 15 is 0 Å². The number of likely N-dealkylation sites (tertiary alicyclic amines) is 1. The van der Waals surface area contributed by atoms with Gasteiger partial charge in [0.15, 0.2) is 11.6 Å². The summed E-state index contributed by atoms with van der Waals surface area (Å²) in [4.78, 5) is 48.4. The molecule has 1 aliphatic rings. The Morgan fingerprint density at radius 2 is 1.48 bits per heavy atom. The number of nitrogens with zero attached hydrogens (tertiary/aromatic N) is 4. The number of aromatic nitrogens is 4. The van der Waals surface area contributed by atoms with Crippen LogP contribution in [-0.4, -0.2) is 115 Å². The zero-order valence-corrected chi connectivity index (χ0v) is 37.5. The maximum Gasteiger partial charge on any atom is 0.410 e. The van der Waals surface area contributed by atoms with E-state index in [4.69, 9.17) is 28.7 Å². The lowest BCUT2D eigenvalue weighted by atomic mass is 9.86. The maximum atomic E-state index is 13.6. The monoisotopic (exact) mass is 871 g/mol. The van der Waals surface area contributed by atoms with Crippen molar-refractivity contribution in [2.45, 2.75) is 96.2 Å². The second-order valence-corrected chi connectivity index (χ2v) is 16.5. The first kappa shape index (κ1) is 48.5. The number of benzene rings is 2. The lowest BCUT2D eigenvalue weighted by Crippen LogP contribution is -2.50. The smallest absolute Gasteiger partial charge is 0.410 e. The molecule has 3 heterocycles. The molecule has 3 N–H and O–H groups in total. The van der Waals surface area contributed by atoms with Crippen molar-refractivity contribution in [3.05, 3.63) is 90.0 Å². The fourth-order valence-electron chi connectivity index (χ4n) is 6.97. The summed E-state index contributed by atoms with van der Waals surface area (Å²) in [5.74, 6) is 1.55. The molecular formula is C47H65N7O9. The van der Waals surface area contributed by atoms with E-state index in [9.17, 15) is 14.4 Å². The zero-order valence-electron chi connectivity index (χ0n) is 37.5. The summed E-state index contributed by atoms with van der Waals surface area (Å²) < 4.78 is 32.8. The molecule has 5 rings (SSSR count). The molecule has 342 valence electrons. The van der Waals surface area contributed by atoms with Crippen LogP contribution in [0.1, 0.15) is 107 Å². The predicted octanol–water partition coefficient (Wildman–Crippen LogP) is 7.64. The lowest BCUT2D eigenvalue weighted by molar-refractivity contribution is -0.141. The number of unbranched alkanes of at least 4 members (excludes halogenated alkanes) is 3. The van der Waals surface area contributed by atoms with Gasteiger partial charge < -0.3 is 44.0 Å². The number of esters is 1.